The third-order valence-electron chi connectivity index (χ3n) is 2.75. The number of hydrogen-bond acceptors (Lipinski definition) is 6. The van der Waals surface area contributed by atoms with Crippen LogP contribution >= 0.6 is 15.9 Å². The summed E-state index contributed by atoms with van der Waals surface area (Å²) in [4.78, 5) is 3.87. The molecule has 2 aromatic rings. The number of H-pyrrole nitrogens is 1. The minimum absolute atomic E-state index is 0.0444. The van der Waals surface area contributed by atoms with Crippen molar-refractivity contribution in [2.24, 2.45) is 0 Å². The monoisotopic (exact) mass is 375 g/mol. The summed E-state index contributed by atoms with van der Waals surface area (Å²) in [6, 6.07) is 2.26. The number of nitrogens with zero attached hydrogens (tertiary/aromatic N) is 2. The fraction of sp³-hybridized carbons (Fsp3) is 0.273. The number of sulfonamides is 1. The average molecular weight is 376 g/mol. The number of halogens is 1. The van der Waals surface area contributed by atoms with E-state index >= 15 is 0 Å². The van der Waals surface area contributed by atoms with E-state index in [0.717, 1.165) is 0 Å². The Morgan fingerprint density at radius 1 is 1.48 bits per heavy atom. The van der Waals surface area contributed by atoms with Gasteiger partial charge in [0.25, 0.3) is 0 Å². The molecule has 2 rings (SSSR count). The quantitative estimate of drug-likeness (QED) is 0.674. The normalized spacial score (nSPS) is 13.1. The Morgan fingerprint density at radius 2 is 2.19 bits per heavy atom. The molecule has 0 bridgehead atoms. The van der Waals surface area contributed by atoms with Gasteiger partial charge in [-0.2, -0.15) is 5.10 Å². The molecule has 1 unspecified atom stereocenters. The largest absolute Gasteiger partial charge is 0.495 e. The van der Waals surface area contributed by atoms with Crippen molar-refractivity contribution in [3.8, 4) is 5.75 Å². The molecule has 0 fully saturated rings. The van der Waals surface area contributed by atoms with Crippen LogP contribution in [-0.2, 0) is 10.0 Å². The van der Waals surface area contributed by atoms with Crippen LogP contribution in [0.5, 0.6) is 5.75 Å². The van der Waals surface area contributed by atoms with Gasteiger partial charge in [-0.25, -0.2) is 18.1 Å². The van der Waals surface area contributed by atoms with E-state index in [4.69, 9.17) is 10.5 Å². The van der Waals surface area contributed by atoms with E-state index in [1.807, 2.05) is 0 Å². The molecule has 1 aromatic carbocycles. The summed E-state index contributed by atoms with van der Waals surface area (Å²) in [5.41, 5.74) is 6.04. The van der Waals surface area contributed by atoms with Crippen molar-refractivity contribution >= 4 is 31.6 Å². The average Bonchev–Trinajstić information content (AvgIpc) is 2.94. The molecule has 0 aliphatic rings. The van der Waals surface area contributed by atoms with Crippen molar-refractivity contribution < 1.29 is 13.2 Å². The van der Waals surface area contributed by atoms with E-state index in [9.17, 15) is 8.42 Å². The number of anilines is 1. The molecule has 0 aliphatic heterocycles. The van der Waals surface area contributed by atoms with Gasteiger partial charge in [0, 0.05) is 10.2 Å². The lowest BCUT2D eigenvalue weighted by atomic mass is 10.3. The Kier molecular flexibility index (Phi) is 4.49. The van der Waals surface area contributed by atoms with Crippen molar-refractivity contribution in [2.45, 2.75) is 17.9 Å². The molecule has 21 heavy (non-hydrogen) atoms. The van der Waals surface area contributed by atoms with Crippen LogP contribution in [0.4, 0.5) is 5.69 Å². The SMILES string of the molecule is COc1cc(Br)c(N)cc1S(=O)(=O)NC(C)c1ncn[nH]1. The fourth-order valence-electron chi connectivity index (χ4n) is 1.70. The molecule has 114 valence electrons. The molecular weight excluding hydrogens is 362 g/mol. The molecule has 0 amide bonds. The molecule has 0 spiro atoms. The van der Waals surface area contributed by atoms with Gasteiger partial charge in [-0.05, 0) is 35.0 Å². The summed E-state index contributed by atoms with van der Waals surface area (Å²) in [5, 5.41) is 6.29. The second kappa shape index (κ2) is 6.00. The topological polar surface area (TPSA) is 123 Å². The molecule has 1 aromatic heterocycles. The lowest BCUT2D eigenvalue weighted by Crippen LogP contribution is -2.28. The standard InChI is InChI=1S/C11H14BrN5O3S/c1-6(11-14-5-15-16-11)17-21(18,19)10-4-8(13)7(12)3-9(10)20-2/h3-6,17H,13H2,1-2H3,(H,14,15,16). The summed E-state index contributed by atoms with van der Waals surface area (Å²) >= 11 is 3.23. The molecule has 0 saturated heterocycles. The lowest BCUT2D eigenvalue weighted by molar-refractivity contribution is 0.402. The molecule has 10 heteroatoms. The maximum atomic E-state index is 12.5. The van der Waals surface area contributed by atoms with E-state index in [2.05, 4.69) is 35.8 Å². The fourth-order valence-corrected chi connectivity index (χ4v) is 3.41. The van der Waals surface area contributed by atoms with Crippen molar-refractivity contribution in [2.75, 3.05) is 12.8 Å². The zero-order valence-electron chi connectivity index (χ0n) is 11.3. The highest BCUT2D eigenvalue weighted by Crippen LogP contribution is 2.32. The van der Waals surface area contributed by atoms with Gasteiger partial charge in [0.2, 0.25) is 10.0 Å². The maximum absolute atomic E-state index is 12.5. The molecule has 0 saturated carbocycles. The second-order valence-electron chi connectivity index (χ2n) is 4.24. The summed E-state index contributed by atoms with van der Waals surface area (Å²) < 4.78 is 33.1. The first-order chi connectivity index (χ1) is 9.85. The summed E-state index contributed by atoms with van der Waals surface area (Å²) in [7, 11) is -2.45. The Labute approximate surface area is 130 Å². The minimum atomic E-state index is -3.83. The molecular formula is C11H14BrN5O3S. The van der Waals surface area contributed by atoms with Crippen molar-refractivity contribution in [1.82, 2.24) is 19.9 Å². The lowest BCUT2D eigenvalue weighted by Gasteiger charge is -2.15. The van der Waals surface area contributed by atoms with Crippen molar-refractivity contribution in [3.63, 3.8) is 0 Å². The van der Waals surface area contributed by atoms with Crippen LogP contribution in [0.25, 0.3) is 0 Å². The zero-order valence-corrected chi connectivity index (χ0v) is 13.7. The van der Waals surface area contributed by atoms with Gasteiger partial charge in [0.1, 0.15) is 22.8 Å². The molecule has 0 aliphatic carbocycles. The van der Waals surface area contributed by atoms with E-state index in [1.54, 1.807) is 6.92 Å². The molecule has 1 heterocycles. The number of nitrogens with one attached hydrogen (secondary N) is 2. The highest BCUT2D eigenvalue weighted by Gasteiger charge is 2.24. The van der Waals surface area contributed by atoms with Crippen LogP contribution in [0.2, 0.25) is 0 Å². The van der Waals surface area contributed by atoms with Gasteiger partial charge in [0.15, 0.2) is 0 Å². The smallest absolute Gasteiger partial charge is 0.244 e. The summed E-state index contributed by atoms with van der Waals surface area (Å²) in [6.07, 6.45) is 1.30. The number of nitrogens with two attached hydrogens (primary N) is 1. The summed E-state index contributed by atoms with van der Waals surface area (Å²) in [6.45, 7) is 1.65. The number of methoxy groups -OCH3 is 1. The molecule has 8 nitrogen and oxygen atoms in total. The first kappa shape index (κ1) is 15.7. The second-order valence-corrected chi connectivity index (χ2v) is 6.78. The molecule has 0 radical (unpaired) electrons. The molecule has 1 atom stereocenters. The Bertz CT molecular complexity index is 733. The predicted molar refractivity (Wildman–Crippen MR) is 80.2 cm³/mol. The number of aromatic nitrogens is 3. The van der Waals surface area contributed by atoms with Gasteiger partial charge in [0.05, 0.1) is 13.2 Å². The highest BCUT2D eigenvalue weighted by molar-refractivity contribution is 9.10. The zero-order chi connectivity index (χ0) is 15.6. The van der Waals surface area contributed by atoms with Crippen molar-refractivity contribution in [1.29, 1.82) is 0 Å². The number of rotatable bonds is 5. The number of aromatic amines is 1. The first-order valence-corrected chi connectivity index (χ1v) is 8.13. The third kappa shape index (κ3) is 3.34. The minimum Gasteiger partial charge on any atom is -0.495 e. The number of hydrogen-bond donors (Lipinski definition) is 3. The number of benzene rings is 1. The van der Waals surface area contributed by atoms with Gasteiger partial charge in [-0.15, -0.1) is 0 Å². The van der Waals surface area contributed by atoms with Crippen molar-refractivity contribution in [3.05, 3.63) is 28.8 Å². The van der Waals surface area contributed by atoms with Crippen LogP contribution < -0.4 is 15.2 Å². The van der Waals surface area contributed by atoms with Crippen LogP contribution in [0, 0.1) is 0 Å². The van der Waals surface area contributed by atoms with E-state index in [1.165, 1.54) is 25.6 Å². The first-order valence-electron chi connectivity index (χ1n) is 5.85. The predicted octanol–water partition coefficient (Wildman–Crippen LogP) is 1.20. The Balaban J connectivity index is 2.38. The number of nitrogen functional groups attached to an aromatic ring is 1. The van der Waals surface area contributed by atoms with Gasteiger partial charge in [-0.1, -0.05) is 0 Å². The Hall–Kier alpha value is -1.65. The van der Waals surface area contributed by atoms with Gasteiger partial charge in [-0.3, -0.25) is 5.10 Å². The van der Waals surface area contributed by atoms with E-state index < -0.39 is 16.1 Å². The number of ether oxygens (including phenoxy) is 1. The van der Waals surface area contributed by atoms with E-state index in [-0.39, 0.29) is 10.6 Å². The van der Waals surface area contributed by atoms with Gasteiger partial charge >= 0.3 is 0 Å². The van der Waals surface area contributed by atoms with Crippen LogP contribution in [-0.4, -0.2) is 30.7 Å². The van der Waals surface area contributed by atoms with Crippen LogP contribution in [0.1, 0.15) is 18.8 Å². The van der Waals surface area contributed by atoms with Gasteiger partial charge < -0.3 is 10.5 Å². The highest BCUT2D eigenvalue weighted by atomic mass is 79.9. The summed E-state index contributed by atoms with van der Waals surface area (Å²) in [5.74, 6) is 0.593. The van der Waals surface area contributed by atoms with Crippen LogP contribution in [0.15, 0.2) is 27.8 Å². The Morgan fingerprint density at radius 3 is 2.76 bits per heavy atom. The van der Waals surface area contributed by atoms with E-state index in [0.29, 0.717) is 16.0 Å². The van der Waals surface area contributed by atoms with Crippen LogP contribution in [0.3, 0.4) is 0 Å². The maximum Gasteiger partial charge on any atom is 0.244 e. The third-order valence-corrected chi connectivity index (χ3v) is 5.00. The molecule has 4 N–H and O–H groups in total.